The molecule has 0 atom stereocenters. The zero-order valence-corrected chi connectivity index (χ0v) is 20.6. The minimum Gasteiger partial charge on any atom is -0.494 e. The smallest absolute Gasteiger partial charge is 0.262 e. The number of carbonyl (C=O) groups is 1. The third-order valence-corrected chi connectivity index (χ3v) is 5.27. The molecule has 0 fully saturated rings. The molecule has 1 N–H and O–H groups in total. The van der Waals surface area contributed by atoms with Crippen molar-refractivity contribution in [3.8, 4) is 23.3 Å². The Morgan fingerprint density at radius 3 is 2.06 bits per heavy atom. The zero-order chi connectivity index (χ0) is 25.4. The van der Waals surface area contributed by atoms with Crippen LogP contribution in [0.25, 0.3) is 6.08 Å². The highest BCUT2D eigenvalue weighted by Crippen LogP contribution is 2.19. The number of rotatable bonds is 15. The van der Waals surface area contributed by atoms with E-state index in [-0.39, 0.29) is 12.1 Å². The van der Waals surface area contributed by atoms with Gasteiger partial charge >= 0.3 is 0 Å². The van der Waals surface area contributed by atoms with Crippen molar-refractivity contribution in [3.63, 3.8) is 0 Å². The van der Waals surface area contributed by atoms with Gasteiger partial charge in [0, 0.05) is 0 Å². The van der Waals surface area contributed by atoms with E-state index in [9.17, 15) is 10.1 Å². The number of amides is 1. The quantitative estimate of drug-likeness (QED) is 0.162. The molecular weight excluding hydrogens is 456 g/mol. The molecule has 0 unspecified atom stereocenters. The summed E-state index contributed by atoms with van der Waals surface area (Å²) in [4.78, 5) is 12.2. The molecule has 0 radical (unpaired) electrons. The lowest BCUT2D eigenvalue weighted by Crippen LogP contribution is -2.23. The molecule has 7 nitrogen and oxygen atoms in total. The largest absolute Gasteiger partial charge is 0.494 e. The van der Waals surface area contributed by atoms with Crippen LogP contribution in [0.3, 0.4) is 0 Å². The third-order valence-electron chi connectivity index (χ3n) is 5.27. The maximum Gasteiger partial charge on any atom is 0.262 e. The Hall–Kier alpha value is -4.18. The molecule has 3 aromatic rings. The molecule has 1 aromatic heterocycles. The Bertz CT molecular complexity index is 1110. The molecule has 0 aliphatic heterocycles. The number of nitriles is 1. The van der Waals surface area contributed by atoms with E-state index in [0.717, 1.165) is 30.1 Å². The number of nitrogens with zero attached hydrogens (tertiary/aromatic N) is 1. The summed E-state index contributed by atoms with van der Waals surface area (Å²) in [6.45, 7) is 3.92. The summed E-state index contributed by atoms with van der Waals surface area (Å²) in [5, 5.41) is 12.0. The predicted octanol–water partition coefficient (Wildman–Crippen LogP) is 5.92. The molecule has 1 amide bonds. The van der Waals surface area contributed by atoms with E-state index in [0.29, 0.717) is 24.7 Å². The zero-order valence-electron chi connectivity index (χ0n) is 20.6. The number of furan rings is 1. The molecule has 0 spiro atoms. The highest BCUT2D eigenvalue weighted by atomic mass is 16.5. The number of benzene rings is 2. The van der Waals surface area contributed by atoms with Gasteiger partial charge in [0.05, 0.1) is 19.4 Å². The monoisotopic (exact) mass is 488 g/mol. The Kier molecular flexibility index (Phi) is 11.0. The maximum absolute atomic E-state index is 12.2. The second-order valence-electron chi connectivity index (χ2n) is 8.08. The van der Waals surface area contributed by atoms with Gasteiger partial charge in [-0.1, -0.05) is 38.3 Å². The number of unbranched alkanes of at least 4 members (excludes halogenated alkanes) is 3. The van der Waals surface area contributed by atoms with Crippen LogP contribution >= 0.6 is 0 Å². The topological polar surface area (TPSA) is 93.7 Å². The number of carbonyl (C=O) groups excluding carboxylic acids is 1. The van der Waals surface area contributed by atoms with Crippen molar-refractivity contribution in [2.45, 2.75) is 39.2 Å². The lowest BCUT2D eigenvalue weighted by Gasteiger charge is -2.10. The number of ether oxygens (including phenoxy) is 3. The van der Waals surface area contributed by atoms with Crippen molar-refractivity contribution in [1.82, 2.24) is 5.32 Å². The van der Waals surface area contributed by atoms with E-state index in [1.807, 2.05) is 30.3 Å². The average molecular weight is 489 g/mol. The summed E-state index contributed by atoms with van der Waals surface area (Å²) in [5.41, 5.74) is 0.729. The van der Waals surface area contributed by atoms with Gasteiger partial charge in [-0.2, -0.15) is 5.26 Å². The van der Waals surface area contributed by atoms with E-state index < -0.39 is 5.91 Å². The molecular formula is C29H32N2O5. The van der Waals surface area contributed by atoms with Crippen LogP contribution in [-0.4, -0.2) is 25.7 Å². The molecule has 0 aliphatic rings. The lowest BCUT2D eigenvalue weighted by molar-refractivity contribution is -0.117. The van der Waals surface area contributed by atoms with Crippen LogP contribution in [0.5, 0.6) is 17.2 Å². The molecule has 36 heavy (non-hydrogen) atoms. The van der Waals surface area contributed by atoms with Crippen molar-refractivity contribution in [2.24, 2.45) is 0 Å². The van der Waals surface area contributed by atoms with Gasteiger partial charge in [0.15, 0.2) is 0 Å². The van der Waals surface area contributed by atoms with Gasteiger partial charge in [0.2, 0.25) is 0 Å². The predicted molar refractivity (Wildman–Crippen MR) is 138 cm³/mol. The SMILES string of the molecule is CCCCCCOc1ccc(OCCOc2ccc(/C=C(\C#N)C(=O)NCc3ccco3)cc2)cc1. The van der Waals surface area contributed by atoms with Crippen LogP contribution in [0.2, 0.25) is 0 Å². The second kappa shape index (κ2) is 14.9. The van der Waals surface area contributed by atoms with Crippen molar-refractivity contribution in [3.05, 3.63) is 83.8 Å². The summed E-state index contributed by atoms with van der Waals surface area (Å²) < 4.78 is 22.4. The lowest BCUT2D eigenvalue weighted by atomic mass is 10.1. The van der Waals surface area contributed by atoms with Gasteiger partial charge in [0.1, 0.15) is 47.9 Å². The molecule has 1 heterocycles. The molecule has 2 aromatic carbocycles. The Labute approximate surface area is 212 Å². The van der Waals surface area contributed by atoms with Gasteiger partial charge in [-0.25, -0.2) is 0 Å². The summed E-state index contributed by atoms with van der Waals surface area (Å²) >= 11 is 0. The highest BCUT2D eigenvalue weighted by Gasteiger charge is 2.09. The van der Waals surface area contributed by atoms with Gasteiger partial charge in [-0.15, -0.1) is 0 Å². The van der Waals surface area contributed by atoms with Crippen LogP contribution in [0, 0.1) is 11.3 Å². The molecule has 188 valence electrons. The molecule has 0 saturated carbocycles. The fraction of sp³-hybridized carbons (Fsp3) is 0.310. The summed E-state index contributed by atoms with van der Waals surface area (Å²) in [7, 11) is 0. The van der Waals surface area contributed by atoms with E-state index in [1.165, 1.54) is 31.6 Å². The van der Waals surface area contributed by atoms with E-state index in [1.54, 1.807) is 36.4 Å². The minimum absolute atomic E-state index is 0.0107. The van der Waals surface area contributed by atoms with E-state index in [2.05, 4.69) is 12.2 Å². The maximum atomic E-state index is 12.2. The Morgan fingerprint density at radius 2 is 1.50 bits per heavy atom. The van der Waals surface area contributed by atoms with Crippen LogP contribution in [-0.2, 0) is 11.3 Å². The van der Waals surface area contributed by atoms with E-state index >= 15 is 0 Å². The van der Waals surface area contributed by atoms with Crippen molar-refractivity contribution in [2.75, 3.05) is 19.8 Å². The average Bonchev–Trinajstić information content (AvgIpc) is 3.43. The standard InChI is InChI=1S/C29H32N2O5/c1-2-3-4-5-16-33-26-12-14-27(15-13-26)36-19-18-35-25-10-8-23(9-11-25)20-24(21-30)29(32)31-22-28-7-6-17-34-28/h6-15,17,20H,2-5,16,18-19,22H2,1H3,(H,31,32)/b24-20+. The van der Waals surface area contributed by atoms with Gasteiger partial charge < -0.3 is 23.9 Å². The van der Waals surface area contributed by atoms with Crippen LogP contribution < -0.4 is 19.5 Å². The second-order valence-corrected chi connectivity index (χ2v) is 8.08. The molecule has 7 heteroatoms. The minimum atomic E-state index is -0.460. The summed E-state index contributed by atoms with van der Waals surface area (Å²) in [6, 6.07) is 20.2. The molecule has 0 saturated heterocycles. The highest BCUT2D eigenvalue weighted by molar-refractivity contribution is 6.01. The van der Waals surface area contributed by atoms with Crippen LogP contribution in [0.15, 0.2) is 76.9 Å². The fourth-order valence-corrected chi connectivity index (χ4v) is 3.32. The van der Waals surface area contributed by atoms with E-state index in [4.69, 9.17) is 18.6 Å². The summed E-state index contributed by atoms with van der Waals surface area (Å²) in [5.74, 6) is 2.43. The van der Waals surface area contributed by atoms with Crippen molar-refractivity contribution in [1.29, 1.82) is 5.26 Å². The first-order valence-electron chi connectivity index (χ1n) is 12.2. The number of hydrogen-bond donors (Lipinski definition) is 1. The van der Waals surface area contributed by atoms with Crippen molar-refractivity contribution >= 4 is 12.0 Å². The van der Waals surface area contributed by atoms with Gasteiger partial charge in [0.25, 0.3) is 5.91 Å². The fourth-order valence-electron chi connectivity index (χ4n) is 3.32. The van der Waals surface area contributed by atoms with Crippen LogP contribution in [0.4, 0.5) is 0 Å². The first-order valence-corrected chi connectivity index (χ1v) is 12.2. The molecule has 0 aliphatic carbocycles. The number of nitrogens with one attached hydrogen (secondary N) is 1. The molecule has 3 rings (SSSR count). The van der Waals surface area contributed by atoms with Gasteiger partial charge in [-0.3, -0.25) is 4.79 Å². The number of hydrogen-bond acceptors (Lipinski definition) is 6. The summed E-state index contributed by atoms with van der Waals surface area (Å²) in [6.07, 6.45) is 7.79. The molecule has 0 bridgehead atoms. The third kappa shape index (κ3) is 9.22. The first-order chi connectivity index (χ1) is 17.7. The Balaban J connectivity index is 1.37. The van der Waals surface area contributed by atoms with Gasteiger partial charge in [-0.05, 0) is 66.6 Å². The van der Waals surface area contributed by atoms with Crippen LogP contribution in [0.1, 0.15) is 43.9 Å². The first kappa shape index (κ1) is 26.4. The normalized spacial score (nSPS) is 10.9. The Morgan fingerprint density at radius 1 is 0.889 bits per heavy atom. The van der Waals surface area contributed by atoms with Crippen molar-refractivity contribution < 1.29 is 23.4 Å².